The van der Waals surface area contributed by atoms with E-state index in [9.17, 15) is 9.18 Å². The molecule has 4 rings (SSSR count). The van der Waals surface area contributed by atoms with E-state index in [0.29, 0.717) is 12.5 Å². The number of hydrogen-bond acceptors (Lipinski definition) is 3. The van der Waals surface area contributed by atoms with Gasteiger partial charge in [-0.2, -0.15) is 0 Å². The minimum atomic E-state index is -0.262. The van der Waals surface area contributed by atoms with E-state index < -0.39 is 0 Å². The summed E-state index contributed by atoms with van der Waals surface area (Å²) in [5.74, 6) is 0.933. The highest BCUT2D eigenvalue weighted by molar-refractivity contribution is 5.75. The van der Waals surface area contributed by atoms with Crippen molar-refractivity contribution in [3.8, 4) is 16.9 Å². The smallest absolute Gasteiger partial charge is 0.128 e. The molecule has 0 aliphatic heterocycles. The molecule has 1 fully saturated rings. The van der Waals surface area contributed by atoms with Crippen molar-refractivity contribution in [1.29, 1.82) is 0 Å². The molecule has 2 atom stereocenters. The van der Waals surface area contributed by atoms with E-state index in [0.717, 1.165) is 48.1 Å². The maximum Gasteiger partial charge on any atom is 0.128 e. The third kappa shape index (κ3) is 5.25. The van der Waals surface area contributed by atoms with Crippen LogP contribution < -0.4 is 4.74 Å². The highest BCUT2D eigenvalue weighted by atomic mass is 19.1. The van der Waals surface area contributed by atoms with Crippen molar-refractivity contribution in [1.82, 2.24) is 4.90 Å². The van der Waals surface area contributed by atoms with Crippen molar-refractivity contribution >= 4 is 6.29 Å². The summed E-state index contributed by atoms with van der Waals surface area (Å²) in [6, 6.07) is 22.7. The zero-order valence-corrected chi connectivity index (χ0v) is 18.7. The number of carbonyl (C=O) groups is 1. The maximum atomic E-state index is 13.5. The molecular weight excluding hydrogens is 401 g/mol. The standard InChI is InChI=1S/C28H30FNO2/c1-30(2)17-18-32-24-15-11-22(12-16-24)28(21-7-8-21)27(19-31)26-6-4-3-5-25(26)20-9-13-23(29)14-10-20/h3-6,9-16,19,21,27-28H,7-8,17-18H2,1-2H3. The molecule has 166 valence electrons. The van der Waals surface area contributed by atoms with Crippen molar-refractivity contribution in [3.05, 3.63) is 89.7 Å². The van der Waals surface area contributed by atoms with Crippen LogP contribution >= 0.6 is 0 Å². The van der Waals surface area contributed by atoms with Gasteiger partial charge in [0.25, 0.3) is 0 Å². The number of benzene rings is 3. The molecule has 0 amide bonds. The van der Waals surface area contributed by atoms with E-state index in [2.05, 4.69) is 17.0 Å². The van der Waals surface area contributed by atoms with Gasteiger partial charge in [-0.05, 0) is 79.4 Å². The predicted octanol–water partition coefficient (Wildman–Crippen LogP) is 5.91. The molecule has 1 aliphatic carbocycles. The molecule has 2 unspecified atom stereocenters. The third-order valence-electron chi connectivity index (χ3n) is 6.21. The van der Waals surface area contributed by atoms with E-state index in [-0.39, 0.29) is 17.7 Å². The molecule has 0 spiro atoms. The van der Waals surface area contributed by atoms with E-state index >= 15 is 0 Å². The zero-order chi connectivity index (χ0) is 22.5. The average molecular weight is 432 g/mol. The van der Waals surface area contributed by atoms with Crippen LogP contribution in [-0.4, -0.2) is 38.4 Å². The lowest BCUT2D eigenvalue weighted by Crippen LogP contribution is -2.19. The summed E-state index contributed by atoms with van der Waals surface area (Å²) in [5, 5.41) is 0. The molecule has 0 saturated heterocycles. The summed E-state index contributed by atoms with van der Waals surface area (Å²) < 4.78 is 19.3. The SMILES string of the molecule is CN(C)CCOc1ccc(C(C2CC2)C(C=O)c2ccccc2-c2ccc(F)cc2)cc1. The molecule has 0 aromatic heterocycles. The molecule has 0 radical (unpaired) electrons. The van der Waals surface area contributed by atoms with Gasteiger partial charge in [0.1, 0.15) is 24.5 Å². The Morgan fingerprint density at radius 2 is 1.69 bits per heavy atom. The van der Waals surface area contributed by atoms with Crippen LogP contribution in [0.25, 0.3) is 11.1 Å². The zero-order valence-electron chi connectivity index (χ0n) is 18.7. The number of rotatable bonds is 10. The lowest BCUT2D eigenvalue weighted by molar-refractivity contribution is -0.109. The molecule has 0 N–H and O–H groups in total. The lowest BCUT2D eigenvalue weighted by Gasteiger charge is -2.26. The number of nitrogens with zero attached hydrogens (tertiary/aromatic N) is 1. The molecule has 3 aromatic carbocycles. The second-order valence-corrected chi connectivity index (χ2v) is 8.84. The van der Waals surface area contributed by atoms with Crippen LogP contribution in [-0.2, 0) is 4.79 Å². The van der Waals surface area contributed by atoms with Crippen molar-refractivity contribution in [2.24, 2.45) is 5.92 Å². The first kappa shape index (κ1) is 22.2. The maximum absolute atomic E-state index is 13.5. The molecule has 0 heterocycles. The van der Waals surface area contributed by atoms with E-state index in [1.807, 2.05) is 50.5 Å². The Labute approximate surface area is 189 Å². The highest BCUT2D eigenvalue weighted by Gasteiger charge is 2.39. The van der Waals surface area contributed by atoms with E-state index in [1.54, 1.807) is 12.1 Å². The van der Waals surface area contributed by atoms with Crippen molar-refractivity contribution in [2.45, 2.75) is 24.7 Å². The van der Waals surface area contributed by atoms with Crippen molar-refractivity contribution in [2.75, 3.05) is 27.2 Å². The van der Waals surface area contributed by atoms with Crippen molar-refractivity contribution in [3.63, 3.8) is 0 Å². The van der Waals surface area contributed by atoms with Gasteiger partial charge in [0, 0.05) is 18.4 Å². The molecule has 0 bridgehead atoms. The molecular formula is C28H30FNO2. The van der Waals surface area contributed by atoms with Crippen LogP contribution in [0.3, 0.4) is 0 Å². The predicted molar refractivity (Wildman–Crippen MR) is 127 cm³/mol. The third-order valence-corrected chi connectivity index (χ3v) is 6.21. The normalized spacial score (nSPS) is 15.4. The summed E-state index contributed by atoms with van der Waals surface area (Å²) >= 11 is 0. The Balaban J connectivity index is 1.63. The van der Waals surface area contributed by atoms with Gasteiger partial charge in [0.05, 0.1) is 0 Å². The molecule has 1 aliphatic rings. The summed E-state index contributed by atoms with van der Waals surface area (Å²) in [4.78, 5) is 14.6. The largest absolute Gasteiger partial charge is 0.492 e. The van der Waals surface area contributed by atoms with Gasteiger partial charge >= 0.3 is 0 Å². The Bertz CT molecular complexity index is 1030. The van der Waals surface area contributed by atoms with Gasteiger partial charge < -0.3 is 14.4 Å². The fraction of sp³-hybridized carbons (Fsp3) is 0.321. The highest BCUT2D eigenvalue weighted by Crippen LogP contribution is 2.50. The summed E-state index contributed by atoms with van der Waals surface area (Å²) in [7, 11) is 4.05. The Kier molecular flexibility index (Phi) is 7.01. The van der Waals surface area contributed by atoms with Crippen LogP contribution in [0, 0.1) is 11.7 Å². The first-order valence-corrected chi connectivity index (χ1v) is 11.2. The van der Waals surface area contributed by atoms with Crippen molar-refractivity contribution < 1.29 is 13.9 Å². The van der Waals surface area contributed by atoms with Gasteiger partial charge in [0.15, 0.2) is 0 Å². The second kappa shape index (κ2) is 10.1. The summed E-state index contributed by atoms with van der Waals surface area (Å²) in [6.07, 6.45) is 3.36. The number of likely N-dealkylation sites (N-methyl/N-ethyl adjacent to an activating group) is 1. The minimum Gasteiger partial charge on any atom is -0.492 e. The van der Waals surface area contributed by atoms with Gasteiger partial charge in [-0.25, -0.2) is 4.39 Å². The fourth-order valence-corrected chi connectivity index (χ4v) is 4.39. The minimum absolute atomic E-state index is 0.116. The summed E-state index contributed by atoms with van der Waals surface area (Å²) in [6.45, 7) is 1.50. The van der Waals surface area contributed by atoms with Crippen LogP contribution in [0.1, 0.15) is 35.8 Å². The quantitative estimate of drug-likeness (QED) is 0.374. The number of hydrogen-bond donors (Lipinski definition) is 0. The molecule has 32 heavy (non-hydrogen) atoms. The van der Waals surface area contributed by atoms with Crippen LogP contribution in [0.5, 0.6) is 5.75 Å². The Morgan fingerprint density at radius 1 is 1.00 bits per heavy atom. The summed E-state index contributed by atoms with van der Waals surface area (Å²) in [5.41, 5.74) is 4.07. The van der Waals surface area contributed by atoms with E-state index in [4.69, 9.17) is 4.74 Å². The van der Waals surface area contributed by atoms with E-state index in [1.165, 1.54) is 17.7 Å². The molecule has 1 saturated carbocycles. The van der Waals surface area contributed by atoms with Gasteiger partial charge in [0.2, 0.25) is 0 Å². The fourth-order valence-electron chi connectivity index (χ4n) is 4.39. The van der Waals surface area contributed by atoms with Gasteiger partial charge in [-0.15, -0.1) is 0 Å². The Morgan fingerprint density at radius 3 is 2.31 bits per heavy atom. The number of carbonyl (C=O) groups excluding carboxylic acids is 1. The Hall–Kier alpha value is -2.98. The lowest BCUT2D eigenvalue weighted by atomic mass is 9.77. The molecule has 3 nitrogen and oxygen atoms in total. The number of ether oxygens (including phenoxy) is 1. The number of halogens is 1. The average Bonchev–Trinajstić information content (AvgIpc) is 3.64. The van der Waals surface area contributed by atoms with Crippen LogP contribution in [0.15, 0.2) is 72.8 Å². The molecule has 3 aromatic rings. The second-order valence-electron chi connectivity index (χ2n) is 8.84. The van der Waals surface area contributed by atoms with Crippen LogP contribution in [0.4, 0.5) is 4.39 Å². The monoisotopic (exact) mass is 431 g/mol. The topological polar surface area (TPSA) is 29.5 Å². The number of aldehydes is 1. The first-order chi connectivity index (χ1) is 15.6. The van der Waals surface area contributed by atoms with Crippen LogP contribution in [0.2, 0.25) is 0 Å². The van der Waals surface area contributed by atoms with Gasteiger partial charge in [-0.1, -0.05) is 48.5 Å². The first-order valence-electron chi connectivity index (χ1n) is 11.2. The van der Waals surface area contributed by atoms with Gasteiger partial charge in [-0.3, -0.25) is 0 Å². The molecule has 4 heteroatoms.